The Balaban J connectivity index is 1.66. The minimum atomic E-state index is 0.508. The summed E-state index contributed by atoms with van der Waals surface area (Å²) in [6, 6.07) is 16.5. The number of hydrogen-bond acceptors (Lipinski definition) is 5. The van der Waals surface area contributed by atoms with Crippen LogP contribution in [0.5, 0.6) is 0 Å². The summed E-state index contributed by atoms with van der Waals surface area (Å²) in [6.45, 7) is 4.90. The first-order valence-corrected chi connectivity index (χ1v) is 8.08. The van der Waals surface area contributed by atoms with E-state index in [2.05, 4.69) is 63.9 Å². The Bertz CT molecular complexity index is 799. The van der Waals surface area contributed by atoms with Gasteiger partial charge in [-0.25, -0.2) is 0 Å². The summed E-state index contributed by atoms with van der Waals surface area (Å²) in [5.74, 6) is 1.18. The predicted octanol–water partition coefficient (Wildman–Crippen LogP) is 4.10. The SMILES string of the molecule is CCc1ccc(Nc2cnnc(NCc3ccccc3C)n2)cc1. The van der Waals surface area contributed by atoms with Crippen LogP contribution in [0.1, 0.15) is 23.6 Å². The highest BCUT2D eigenvalue weighted by Gasteiger charge is 2.03. The van der Waals surface area contributed by atoms with Gasteiger partial charge in [0.2, 0.25) is 5.95 Å². The van der Waals surface area contributed by atoms with Crippen molar-refractivity contribution in [1.82, 2.24) is 15.2 Å². The minimum Gasteiger partial charge on any atom is -0.349 e. The van der Waals surface area contributed by atoms with Crippen LogP contribution in [-0.4, -0.2) is 15.2 Å². The molecule has 0 spiro atoms. The summed E-state index contributed by atoms with van der Waals surface area (Å²) in [5, 5.41) is 14.5. The van der Waals surface area contributed by atoms with Crippen molar-refractivity contribution < 1.29 is 0 Å². The van der Waals surface area contributed by atoms with E-state index >= 15 is 0 Å². The van der Waals surface area contributed by atoms with Gasteiger partial charge in [-0.15, -0.1) is 5.10 Å². The molecule has 0 aliphatic carbocycles. The second kappa shape index (κ2) is 7.55. The van der Waals surface area contributed by atoms with Crippen LogP contribution in [0.4, 0.5) is 17.5 Å². The van der Waals surface area contributed by atoms with E-state index in [9.17, 15) is 0 Å². The van der Waals surface area contributed by atoms with Crippen LogP contribution in [0.3, 0.4) is 0 Å². The first-order chi connectivity index (χ1) is 11.7. The standard InChI is InChI=1S/C19H21N5/c1-3-15-8-10-17(11-9-15)22-18-13-21-24-19(23-18)20-12-16-7-5-4-6-14(16)2/h4-11,13H,3,12H2,1-2H3,(H2,20,22,23,24). The number of aromatic nitrogens is 3. The number of hydrogen-bond donors (Lipinski definition) is 2. The molecule has 2 aromatic carbocycles. The molecular weight excluding hydrogens is 298 g/mol. The molecule has 3 aromatic rings. The average molecular weight is 319 g/mol. The summed E-state index contributed by atoms with van der Waals surface area (Å²) in [7, 11) is 0. The van der Waals surface area contributed by atoms with Gasteiger partial charge in [0, 0.05) is 12.2 Å². The molecule has 0 saturated carbocycles. The number of rotatable bonds is 6. The van der Waals surface area contributed by atoms with Gasteiger partial charge in [-0.05, 0) is 42.2 Å². The molecule has 0 fully saturated rings. The van der Waals surface area contributed by atoms with Crippen molar-refractivity contribution in [3.63, 3.8) is 0 Å². The van der Waals surface area contributed by atoms with Gasteiger partial charge in [0.25, 0.3) is 0 Å². The summed E-state index contributed by atoms with van der Waals surface area (Å²) in [4.78, 5) is 4.46. The lowest BCUT2D eigenvalue weighted by Crippen LogP contribution is -2.07. The van der Waals surface area contributed by atoms with E-state index in [1.54, 1.807) is 6.20 Å². The van der Waals surface area contributed by atoms with Crippen LogP contribution in [0.25, 0.3) is 0 Å². The summed E-state index contributed by atoms with van der Waals surface area (Å²) in [5.41, 5.74) is 4.75. The maximum absolute atomic E-state index is 4.46. The highest BCUT2D eigenvalue weighted by Crippen LogP contribution is 2.16. The fourth-order valence-electron chi connectivity index (χ4n) is 2.39. The van der Waals surface area contributed by atoms with Crippen molar-refractivity contribution in [1.29, 1.82) is 0 Å². The largest absolute Gasteiger partial charge is 0.349 e. The van der Waals surface area contributed by atoms with E-state index in [1.165, 1.54) is 16.7 Å². The van der Waals surface area contributed by atoms with E-state index < -0.39 is 0 Å². The zero-order valence-electron chi connectivity index (χ0n) is 14.0. The number of nitrogens with one attached hydrogen (secondary N) is 2. The third-order valence-corrected chi connectivity index (χ3v) is 3.89. The Morgan fingerprint density at radius 3 is 2.54 bits per heavy atom. The minimum absolute atomic E-state index is 0.508. The van der Waals surface area contributed by atoms with Gasteiger partial charge in [0.1, 0.15) is 0 Å². The normalized spacial score (nSPS) is 10.4. The first-order valence-electron chi connectivity index (χ1n) is 8.08. The van der Waals surface area contributed by atoms with E-state index in [-0.39, 0.29) is 0 Å². The van der Waals surface area contributed by atoms with Crippen molar-refractivity contribution in [3.05, 3.63) is 71.4 Å². The second-order valence-electron chi connectivity index (χ2n) is 5.62. The summed E-state index contributed by atoms with van der Waals surface area (Å²) in [6.07, 6.45) is 2.65. The van der Waals surface area contributed by atoms with Crippen molar-refractivity contribution in [2.24, 2.45) is 0 Å². The van der Waals surface area contributed by atoms with E-state index in [0.717, 1.165) is 12.1 Å². The Morgan fingerprint density at radius 2 is 1.79 bits per heavy atom. The highest BCUT2D eigenvalue weighted by atomic mass is 15.3. The Morgan fingerprint density at radius 1 is 1.00 bits per heavy atom. The number of anilines is 3. The fraction of sp³-hybridized carbons (Fsp3) is 0.211. The lowest BCUT2D eigenvalue weighted by molar-refractivity contribution is 0.946. The molecule has 0 aliphatic rings. The third kappa shape index (κ3) is 4.07. The monoisotopic (exact) mass is 319 g/mol. The smallest absolute Gasteiger partial charge is 0.244 e. The van der Waals surface area contributed by atoms with Crippen LogP contribution >= 0.6 is 0 Å². The Hall–Kier alpha value is -2.95. The molecule has 24 heavy (non-hydrogen) atoms. The molecule has 0 radical (unpaired) electrons. The molecule has 0 amide bonds. The van der Waals surface area contributed by atoms with E-state index in [1.807, 2.05) is 24.3 Å². The van der Waals surface area contributed by atoms with Crippen molar-refractivity contribution >= 4 is 17.5 Å². The van der Waals surface area contributed by atoms with E-state index in [0.29, 0.717) is 18.3 Å². The zero-order chi connectivity index (χ0) is 16.8. The van der Waals surface area contributed by atoms with Crippen molar-refractivity contribution in [3.8, 4) is 0 Å². The summed E-state index contributed by atoms with van der Waals surface area (Å²) < 4.78 is 0. The topological polar surface area (TPSA) is 62.7 Å². The predicted molar refractivity (Wildman–Crippen MR) is 97.4 cm³/mol. The molecule has 5 nitrogen and oxygen atoms in total. The molecule has 3 rings (SSSR count). The molecule has 0 aliphatic heterocycles. The fourth-order valence-corrected chi connectivity index (χ4v) is 2.39. The van der Waals surface area contributed by atoms with Crippen molar-refractivity contribution in [2.45, 2.75) is 26.8 Å². The second-order valence-corrected chi connectivity index (χ2v) is 5.62. The zero-order valence-corrected chi connectivity index (χ0v) is 14.0. The number of nitrogens with zero attached hydrogens (tertiary/aromatic N) is 3. The first kappa shape index (κ1) is 15.9. The lowest BCUT2D eigenvalue weighted by Gasteiger charge is -2.09. The molecule has 0 unspecified atom stereocenters. The van der Waals surface area contributed by atoms with Gasteiger partial charge in [-0.3, -0.25) is 0 Å². The van der Waals surface area contributed by atoms with Gasteiger partial charge >= 0.3 is 0 Å². The molecule has 0 saturated heterocycles. The van der Waals surface area contributed by atoms with Gasteiger partial charge in [-0.2, -0.15) is 10.1 Å². The Labute approximate surface area is 142 Å². The number of aryl methyl sites for hydroxylation is 2. The molecule has 0 bridgehead atoms. The van der Waals surface area contributed by atoms with Gasteiger partial charge in [-0.1, -0.05) is 43.3 Å². The van der Waals surface area contributed by atoms with Gasteiger partial charge < -0.3 is 10.6 Å². The molecule has 2 N–H and O–H groups in total. The summed E-state index contributed by atoms with van der Waals surface area (Å²) >= 11 is 0. The molecule has 5 heteroatoms. The van der Waals surface area contributed by atoms with Crippen LogP contribution < -0.4 is 10.6 Å². The van der Waals surface area contributed by atoms with Gasteiger partial charge in [0.05, 0.1) is 6.20 Å². The Kier molecular flexibility index (Phi) is 5.01. The molecule has 0 atom stereocenters. The van der Waals surface area contributed by atoms with Crippen LogP contribution in [0, 0.1) is 6.92 Å². The molecule has 1 aromatic heterocycles. The van der Waals surface area contributed by atoms with Crippen LogP contribution in [0.2, 0.25) is 0 Å². The molecular formula is C19H21N5. The maximum Gasteiger partial charge on any atom is 0.244 e. The highest BCUT2D eigenvalue weighted by molar-refractivity contribution is 5.56. The van der Waals surface area contributed by atoms with Gasteiger partial charge in [0.15, 0.2) is 5.82 Å². The van der Waals surface area contributed by atoms with E-state index in [4.69, 9.17) is 0 Å². The number of benzene rings is 2. The quantitative estimate of drug-likeness (QED) is 0.716. The third-order valence-electron chi connectivity index (χ3n) is 3.89. The molecule has 1 heterocycles. The average Bonchev–Trinajstić information content (AvgIpc) is 2.62. The lowest BCUT2D eigenvalue weighted by atomic mass is 10.1. The maximum atomic E-state index is 4.46. The van der Waals surface area contributed by atoms with Crippen LogP contribution in [0.15, 0.2) is 54.7 Å². The molecule has 122 valence electrons. The van der Waals surface area contributed by atoms with Crippen LogP contribution in [-0.2, 0) is 13.0 Å². The van der Waals surface area contributed by atoms with Crippen molar-refractivity contribution in [2.75, 3.05) is 10.6 Å².